The lowest BCUT2D eigenvalue weighted by atomic mass is 10.0. The summed E-state index contributed by atoms with van der Waals surface area (Å²) in [4.78, 5) is 0. The molecule has 15 heavy (non-hydrogen) atoms. The third-order valence-corrected chi connectivity index (χ3v) is 3.23. The standard InChI is InChI=1S/C14H26O/c15-14-12-10-8-6-4-2-1-3-5-7-9-11-13-14/h10,12,14-15H,1-9,11,13H2. The van der Waals surface area contributed by atoms with Crippen LogP contribution in [0.25, 0.3) is 0 Å². The van der Waals surface area contributed by atoms with Crippen LogP contribution in [-0.2, 0) is 0 Å². The number of hydrogen-bond acceptors (Lipinski definition) is 1. The van der Waals surface area contributed by atoms with Gasteiger partial charge in [0, 0.05) is 0 Å². The van der Waals surface area contributed by atoms with Gasteiger partial charge in [-0.2, -0.15) is 0 Å². The summed E-state index contributed by atoms with van der Waals surface area (Å²) in [5.74, 6) is 0. The largest absolute Gasteiger partial charge is 0.389 e. The number of allylic oxidation sites excluding steroid dienone is 1. The molecule has 1 nitrogen and oxygen atoms in total. The quantitative estimate of drug-likeness (QED) is 0.594. The topological polar surface area (TPSA) is 20.2 Å². The average Bonchev–Trinajstić information content (AvgIpc) is 2.24. The first-order valence-electron chi connectivity index (χ1n) is 6.74. The molecule has 88 valence electrons. The highest BCUT2D eigenvalue weighted by Crippen LogP contribution is 2.13. The predicted molar refractivity (Wildman–Crippen MR) is 65.9 cm³/mol. The first-order chi connectivity index (χ1) is 7.39. The Morgan fingerprint density at radius 1 is 0.733 bits per heavy atom. The normalized spacial score (nSPS) is 27.1. The van der Waals surface area contributed by atoms with E-state index >= 15 is 0 Å². The molecule has 1 N–H and O–H groups in total. The van der Waals surface area contributed by atoms with Crippen molar-refractivity contribution >= 4 is 0 Å². The van der Waals surface area contributed by atoms with Gasteiger partial charge in [-0.1, -0.05) is 63.5 Å². The third kappa shape index (κ3) is 7.61. The summed E-state index contributed by atoms with van der Waals surface area (Å²) in [6.07, 6.45) is 18.2. The molecular formula is C14H26O. The summed E-state index contributed by atoms with van der Waals surface area (Å²) in [5.41, 5.74) is 0. The fourth-order valence-corrected chi connectivity index (χ4v) is 2.20. The van der Waals surface area contributed by atoms with E-state index in [0.717, 1.165) is 12.8 Å². The Labute approximate surface area is 94.6 Å². The van der Waals surface area contributed by atoms with Gasteiger partial charge in [0.05, 0.1) is 6.10 Å². The van der Waals surface area contributed by atoms with Crippen molar-refractivity contribution in [1.29, 1.82) is 0 Å². The van der Waals surface area contributed by atoms with Crippen LogP contribution >= 0.6 is 0 Å². The summed E-state index contributed by atoms with van der Waals surface area (Å²) in [6.45, 7) is 0. The molecule has 1 rings (SSSR count). The van der Waals surface area contributed by atoms with Gasteiger partial charge in [0.15, 0.2) is 0 Å². The summed E-state index contributed by atoms with van der Waals surface area (Å²) in [6, 6.07) is 0. The van der Waals surface area contributed by atoms with Crippen molar-refractivity contribution < 1.29 is 5.11 Å². The van der Waals surface area contributed by atoms with E-state index in [0.29, 0.717) is 0 Å². The maximum Gasteiger partial charge on any atom is 0.0720 e. The van der Waals surface area contributed by atoms with Crippen molar-refractivity contribution in [2.75, 3.05) is 0 Å². The molecule has 0 bridgehead atoms. The fourth-order valence-electron chi connectivity index (χ4n) is 2.20. The molecule has 0 heterocycles. The van der Waals surface area contributed by atoms with Crippen LogP contribution in [0.15, 0.2) is 12.2 Å². The molecule has 0 aliphatic heterocycles. The molecule has 1 heteroatoms. The highest BCUT2D eigenvalue weighted by molar-refractivity contribution is 4.88. The lowest BCUT2D eigenvalue weighted by molar-refractivity contribution is 0.207. The number of hydrogen-bond donors (Lipinski definition) is 1. The Balaban J connectivity index is 2.19. The van der Waals surface area contributed by atoms with E-state index in [9.17, 15) is 5.11 Å². The van der Waals surface area contributed by atoms with Gasteiger partial charge in [-0.15, -0.1) is 0 Å². The molecule has 0 aromatic carbocycles. The third-order valence-electron chi connectivity index (χ3n) is 3.23. The second-order valence-corrected chi connectivity index (χ2v) is 4.75. The SMILES string of the molecule is OC1C=CCCCCCCCCCCC1. The van der Waals surface area contributed by atoms with E-state index < -0.39 is 0 Å². The van der Waals surface area contributed by atoms with Gasteiger partial charge >= 0.3 is 0 Å². The van der Waals surface area contributed by atoms with E-state index in [2.05, 4.69) is 6.08 Å². The minimum absolute atomic E-state index is 0.187. The Kier molecular flexibility index (Phi) is 7.63. The number of aliphatic hydroxyl groups excluding tert-OH is 1. The minimum atomic E-state index is -0.187. The Hall–Kier alpha value is -0.300. The van der Waals surface area contributed by atoms with E-state index in [1.165, 1.54) is 57.8 Å². The van der Waals surface area contributed by atoms with Gasteiger partial charge in [0.1, 0.15) is 0 Å². The molecule has 0 spiro atoms. The predicted octanol–water partition coefficient (Wildman–Crippen LogP) is 4.21. The molecule has 0 amide bonds. The van der Waals surface area contributed by atoms with Crippen molar-refractivity contribution in [2.45, 2.75) is 76.7 Å². The monoisotopic (exact) mass is 210 g/mol. The highest BCUT2D eigenvalue weighted by atomic mass is 16.3. The maximum atomic E-state index is 9.63. The molecule has 0 fully saturated rings. The molecule has 0 aromatic heterocycles. The molecule has 1 aliphatic carbocycles. The second-order valence-electron chi connectivity index (χ2n) is 4.75. The first-order valence-corrected chi connectivity index (χ1v) is 6.74. The van der Waals surface area contributed by atoms with E-state index in [-0.39, 0.29) is 6.10 Å². The van der Waals surface area contributed by atoms with Crippen LogP contribution in [0, 0.1) is 0 Å². The Bertz CT molecular complexity index is 163. The van der Waals surface area contributed by atoms with Crippen LogP contribution in [0.4, 0.5) is 0 Å². The van der Waals surface area contributed by atoms with Gasteiger partial charge in [-0.05, 0) is 19.3 Å². The average molecular weight is 210 g/mol. The van der Waals surface area contributed by atoms with E-state index in [1.807, 2.05) is 6.08 Å². The van der Waals surface area contributed by atoms with Gasteiger partial charge in [0.25, 0.3) is 0 Å². The number of rotatable bonds is 0. The molecule has 1 aliphatic rings. The van der Waals surface area contributed by atoms with Crippen molar-refractivity contribution in [3.8, 4) is 0 Å². The van der Waals surface area contributed by atoms with Crippen LogP contribution in [-0.4, -0.2) is 11.2 Å². The van der Waals surface area contributed by atoms with Crippen LogP contribution in [0.2, 0.25) is 0 Å². The maximum absolute atomic E-state index is 9.63. The molecular weight excluding hydrogens is 184 g/mol. The summed E-state index contributed by atoms with van der Waals surface area (Å²) >= 11 is 0. The second kappa shape index (κ2) is 8.96. The van der Waals surface area contributed by atoms with E-state index in [4.69, 9.17) is 0 Å². The Morgan fingerprint density at radius 3 is 1.93 bits per heavy atom. The Morgan fingerprint density at radius 2 is 1.27 bits per heavy atom. The first kappa shape index (κ1) is 12.8. The highest BCUT2D eigenvalue weighted by Gasteiger charge is 1.99. The lowest BCUT2D eigenvalue weighted by Gasteiger charge is -2.07. The van der Waals surface area contributed by atoms with Gasteiger partial charge in [-0.25, -0.2) is 0 Å². The zero-order valence-electron chi connectivity index (χ0n) is 9.96. The molecule has 0 saturated carbocycles. The fraction of sp³-hybridized carbons (Fsp3) is 0.857. The van der Waals surface area contributed by atoms with Gasteiger partial charge < -0.3 is 5.11 Å². The van der Waals surface area contributed by atoms with Crippen molar-refractivity contribution in [1.82, 2.24) is 0 Å². The summed E-state index contributed by atoms with van der Waals surface area (Å²) in [7, 11) is 0. The van der Waals surface area contributed by atoms with Crippen molar-refractivity contribution in [2.24, 2.45) is 0 Å². The van der Waals surface area contributed by atoms with Crippen molar-refractivity contribution in [3.05, 3.63) is 12.2 Å². The van der Waals surface area contributed by atoms with Crippen LogP contribution < -0.4 is 0 Å². The zero-order valence-corrected chi connectivity index (χ0v) is 9.96. The van der Waals surface area contributed by atoms with Crippen LogP contribution in [0.3, 0.4) is 0 Å². The lowest BCUT2D eigenvalue weighted by Crippen LogP contribution is -2.01. The van der Waals surface area contributed by atoms with E-state index in [1.54, 1.807) is 0 Å². The smallest absolute Gasteiger partial charge is 0.0720 e. The molecule has 0 radical (unpaired) electrons. The minimum Gasteiger partial charge on any atom is -0.389 e. The summed E-state index contributed by atoms with van der Waals surface area (Å²) in [5, 5.41) is 9.63. The molecule has 1 unspecified atom stereocenters. The van der Waals surface area contributed by atoms with Crippen LogP contribution in [0.1, 0.15) is 70.6 Å². The molecule has 1 atom stereocenters. The molecule has 0 aromatic rings. The van der Waals surface area contributed by atoms with Gasteiger partial charge in [-0.3, -0.25) is 0 Å². The van der Waals surface area contributed by atoms with Crippen molar-refractivity contribution in [3.63, 3.8) is 0 Å². The van der Waals surface area contributed by atoms with Crippen LogP contribution in [0.5, 0.6) is 0 Å². The van der Waals surface area contributed by atoms with Gasteiger partial charge in [0.2, 0.25) is 0 Å². The zero-order chi connectivity index (χ0) is 10.8. The summed E-state index contributed by atoms with van der Waals surface area (Å²) < 4.78 is 0. The molecule has 0 saturated heterocycles. The number of aliphatic hydroxyl groups is 1.